The Morgan fingerprint density at radius 1 is 1.05 bits per heavy atom. The summed E-state index contributed by atoms with van der Waals surface area (Å²) in [5.41, 5.74) is 2.43. The number of benzene rings is 1. The molecule has 19 heavy (non-hydrogen) atoms. The average Bonchev–Trinajstić information content (AvgIpc) is 2.38. The maximum atomic E-state index is 12.0. The minimum absolute atomic E-state index is 0.340. The Morgan fingerprint density at radius 2 is 1.68 bits per heavy atom. The van der Waals surface area contributed by atoms with Crippen LogP contribution in [0, 0.1) is 6.92 Å². The summed E-state index contributed by atoms with van der Waals surface area (Å²) < 4.78 is 24.0. The minimum atomic E-state index is -3.22. The largest absolute Gasteiger partial charge is 0.261 e. The van der Waals surface area contributed by atoms with E-state index in [0.717, 1.165) is 17.0 Å². The standard InChI is InChI=1S/C14H16N2O2S/c1-10(2)19(17,18)13-6-4-12(5-7-13)14-9-15-8-11(3)16-14/h4-10H,1-3H3. The summed E-state index contributed by atoms with van der Waals surface area (Å²) in [5.74, 6) is 0. The molecule has 0 fully saturated rings. The summed E-state index contributed by atoms with van der Waals surface area (Å²) in [4.78, 5) is 8.78. The number of hydrogen-bond acceptors (Lipinski definition) is 4. The number of sulfone groups is 1. The zero-order valence-electron chi connectivity index (χ0n) is 11.2. The molecule has 0 spiro atoms. The molecule has 4 nitrogen and oxygen atoms in total. The zero-order chi connectivity index (χ0) is 14.0. The molecule has 0 amide bonds. The normalized spacial score (nSPS) is 11.8. The first-order valence-corrected chi connectivity index (χ1v) is 7.59. The second-order valence-electron chi connectivity index (χ2n) is 4.66. The minimum Gasteiger partial charge on any atom is -0.261 e. The van der Waals surface area contributed by atoms with Gasteiger partial charge in [0.15, 0.2) is 9.84 Å². The number of rotatable bonds is 3. The Hall–Kier alpha value is -1.75. The van der Waals surface area contributed by atoms with Gasteiger partial charge in [-0.2, -0.15) is 0 Å². The van der Waals surface area contributed by atoms with Crippen molar-refractivity contribution in [3.63, 3.8) is 0 Å². The predicted octanol–water partition coefficient (Wildman–Crippen LogP) is 2.63. The van der Waals surface area contributed by atoms with E-state index in [9.17, 15) is 8.42 Å². The highest BCUT2D eigenvalue weighted by Gasteiger charge is 2.18. The molecule has 0 radical (unpaired) electrons. The van der Waals surface area contributed by atoms with Gasteiger partial charge in [-0.05, 0) is 32.9 Å². The van der Waals surface area contributed by atoms with Gasteiger partial charge in [-0.15, -0.1) is 0 Å². The van der Waals surface area contributed by atoms with Crippen LogP contribution in [0.15, 0.2) is 41.6 Å². The molecule has 100 valence electrons. The van der Waals surface area contributed by atoms with Crippen LogP contribution < -0.4 is 0 Å². The maximum absolute atomic E-state index is 12.0. The molecular weight excluding hydrogens is 260 g/mol. The van der Waals surface area contributed by atoms with Gasteiger partial charge in [-0.3, -0.25) is 4.98 Å². The van der Waals surface area contributed by atoms with Crippen molar-refractivity contribution in [3.8, 4) is 11.3 Å². The van der Waals surface area contributed by atoms with E-state index >= 15 is 0 Å². The summed E-state index contributed by atoms with van der Waals surface area (Å²) in [7, 11) is -3.22. The summed E-state index contributed by atoms with van der Waals surface area (Å²) in [6.07, 6.45) is 3.35. The first-order valence-electron chi connectivity index (χ1n) is 6.04. The van der Waals surface area contributed by atoms with E-state index in [1.807, 2.05) is 6.92 Å². The third-order valence-corrected chi connectivity index (χ3v) is 5.02. The highest BCUT2D eigenvalue weighted by Crippen LogP contribution is 2.21. The van der Waals surface area contributed by atoms with E-state index in [0.29, 0.717) is 4.90 Å². The van der Waals surface area contributed by atoms with Crippen molar-refractivity contribution < 1.29 is 8.42 Å². The van der Waals surface area contributed by atoms with Crippen LogP contribution in [0.5, 0.6) is 0 Å². The van der Waals surface area contributed by atoms with Crippen LogP contribution in [-0.4, -0.2) is 23.6 Å². The first kappa shape index (κ1) is 13.7. The fourth-order valence-corrected chi connectivity index (χ4v) is 2.75. The van der Waals surface area contributed by atoms with Gasteiger partial charge in [0.25, 0.3) is 0 Å². The van der Waals surface area contributed by atoms with Gasteiger partial charge in [-0.1, -0.05) is 12.1 Å². The van der Waals surface area contributed by atoms with E-state index in [1.165, 1.54) is 0 Å². The van der Waals surface area contributed by atoms with Crippen LogP contribution in [0.2, 0.25) is 0 Å². The van der Waals surface area contributed by atoms with E-state index < -0.39 is 15.1 Å². The molecule has 1 aromatic heterocycles. The van der Waals surface area contributed by atoms with E-state index in [4.69, 9.17) is 0 Å². The lowest BCUT2D eigenvalue weighted by atomic mass is 10.1. The van der Waals surface area contributed by atoms with Crippen molar-refractivity contribution in [2.45, 2.75) is 30.9 Å². The van der Waals surface area contributed by atoms with Crippen LogP contribution >= 0.6 is 0 Å². The number of hydrogen-bond donors (Lipinski definition) is 0. The molecule has 0 aliphatic carbocycles. The van der Waals surface area contributed by atoms with Crippen LogP contribution in [-0.2, 0) is 9.84 Å². The van der Waals surface area contributed by atoms with Crippen molar-refractivity contribution in [2.75, 3.05) is 0 Å². The number of aryl methyl sites for hydroxylation is 1. The Morgan fingerprint density at radius 3 is 2.21 bits per heavy atom. The van der Waals surface area contributed by atoms with Gasteiger partial charge in [0.2, 0.25) is 0 Å². The Balaban J connectivity index is 2.39. The second kappa shape index (κ2) is 5.09. The molecule has 5 heteroatoms. The zero-order valence-corrected chi connectivity index (χ0v) is 12.0. The monoisotopic (exact) mass is 276 g/mol. The fraction of sp³-hybridized carbons (Fsp3) is 0.286. The molecule has 0 aliphatic heterocycles. The van der Waals surface area contributed by atoms with Crippen LogP contribution in [0.1, 0.15) is 19.5 Å². The molecule has 0 atom stereocenters. The lowest BCUT2D eigenvalue weighted by molar-refractivity contribution is 0.587. The molecule has 1 aromatic carbocycles. The Labute approximate surface area is 113 Å². The summed E-state index contributed by atoms with van der Waals surface area (Å²) in [6, 6.07) is 6.76. The van der Waals surface area contributed by atoms with Gasteiger partial charge in [0, 0.05) is 11.8 Å². The molecule has 0 N–H and O–H groups in total. The smallest absolute Gasteiger partial charge is 0.180 e. The third kappa shape index (κ3) is 2.81. The molecule has 1 heterocycles. The van der Waals surface area contributed by atoms with Crippen molar-refractivity contribution in [3.05, 3.63) is 42.4 Å². The van der Waals surface area contributed by atoms with Crippen molar-refractivity contribution in [2.24, 2.45) is 0 Å². The second-order valence-corrected chi connectivity index (χ2v) is 7.17. The van der Waals surface area contributed by atoms with Crippen molar-refractivity contribution in [1.82, 2.24) is 9.97 Å². The lowest BCUT2D eigenvalue weighted by Gasteiger charge is -2.08. The summed E-state index contributed by atoms with van der Waals surface area (Å²) in [5, 5.41) is -0.419. The van der Waals surface area contributed by atoms with Gasteiger partial charge in [-0.25, -0.2) is 13.4 Å². The third-order valence-electron chi connectivity index (χ3n) is 2.85. The molecule has 0 saturated heterocycles. The quantitative estimate of drug-likeness (QED) is 0.864. The Kier molecular flexibility index (Phi) is 3.66. The molecule has 2 rings (SSSR count). The first-order chi connectivity index (χ1) is 8.91. The SMILES string of the molecule is Cc1cncc(-c2ccc(S(=O)(=O)C(C)C)cc2)n1. The molecule has 0 bridgehead atoms. The summed E-state index contributed by atoms with van der Waals surface area (Å²) >= 11 is 0. The maximum Gasteiger partial charge on any atom is 0.180 e. The predicted molar refractivity (Wildman–Crippen MR) is 74.5 cm³/mol. The molecule has 2 aromatic rings. The highest BCUT2D eigenvalue weighted by atomic mass is 32.2. The highest BCUT2D eigenvalue weighted by molar-refractivity contribution is 7.92. The topological polar surface area (TPSA) is 59.9 Å². The van der Waals surface area contributed by atoms with E-state index in [-0.39, 0.29) is 0 Å². The summed E-state index contributed by atoms with van der Waals surface area (Å²) in [6.45, 7) is 5.22. The Bertz CT molecular complexity index is 677. The van der Waals surface area contributed by atoms with Gasteiger partial charge >= 0.3 is 0 Å². The molecule has 0 unspecified atom stereocenters. The van der Waals surface area contributed by atoms with Crippen LogP contribution in [0.3, 0.4) is 0 Å². The van der Waals surface area contributed by atoms with Gasteiger partial charge < -0.3 is 0 Å². The van der Waals surface area contributed by atoms with E-state index in [2.05, 4.69) is 9.97 Å². The van der Waals surface area contributed by atoms with E-state index in [1.54, 1.807) is 50.5 Å². The molecule has 0 saturated carbocycles. The van der Waals surface area contributed by atoms with Crippen molar-refractivity contribution >= 4 is 9.84 Å². The average molecular weight is 276 g/mol. The number of aromatic nitrogens is 2. The molecule has 0 aliphatic rings. The molecular formula is C14H16N2O2S. The lowest BCUT2D eigenvalue weighted by Crippen LogP contribution is -2.13. The van der Waals surface area contributed by atoms with Gasteiger partial charge in [0.1, 0.15) is 0 Å². The fourth-order valence-electron chi connectivity index (χ4n) is 1.69. The van der Waals surface area contributed by atoms with Crippen LogP contribution in [0.25, 0.3) is 11.3 Å². The van der Waals surface area contributed by atoms with Gasteiger partial charge in [0.05, 0.1) is 27.7 Å². The number of nitrogens with zero attached hydrogens (tertiary/aromatic N) is 2. The van der Waals surface area contributed by atoms with Crippen molar-refractivity contribution in [1.29, 1.82) is 0 Å². The van der Waals surface area contributed by atoms with Crippen LogP contribution in [0.4, 0.5) is 0 Å².